The molecule has 0 aliphatic heterocycles. The van der Waals surface area contributed by atoms with E-state index in [2.05, 4.69) is 23.8 Å². The van der Waals surface area contributed by atoms with E-state index >= 15 is 0 Å². The van der Waals surface area contributed by atoms with Gasteiger partial charge in [0.15, 0.2) is 0 Å². The van der Waals surface area contributed by atoms with Crippen LogP contribution in [0.2, 0.25) is 0 Å². The van der Waals surface area contributed by atoms with Crippen LogP contribution in [0.3, 0.4) is 0 Å². The second-order valence-corrected chi connectivity index (χ2v) is 14.5. The Morgan fingerprint density at radius 3 is 0.770 bits per heavy atom. The Bertz CT molecular complexity index is 2260. The fraction of sp³-hybridized carbons (Fsp3) is 0.306. The molecule has 0 atom stereocenters. The number of benzene rings is 4. The summed E-state index contributed by atoms with van der Waals surface area (Å²) in [6.45, 7) is 8.18. The van der Waals surface area contributed by atoms with Gasteiger partial charge in [-0.15, -0.1) is 13.2 Å². The van der Waals surface area contributed by atoms with E-state index in [0.717, 1.165) is 33.4 Å². The van der Waals surface area contributed by atoms with Crippen LogP contribution >= 0.6 is 0 Å². The Morgan fingerprint density at radius 2 is 0.590 bits per heavy atom. The Morgan fingerprint density at radius 1 is 0.393 bits per heavy atom. The lowest BCUT2D eigenvalue weighted by Crippen LogP contribution is -2.37. The monoisotopic (exact) mass is 830 g/mol. The summed E-state index contributed by atoms with van der Waals surface area (Å²) in [4.78, 5) is 29.6. The van der Waals surface area contributed by atoms with Gasteiger partial charge in [0.25, 0.3) is 0 Å². The molecule has 11 aliphatic carbocycles. The maximum Gasteiger partial charge on any atom is 0.207 e. The van der Waals surface area contributed by atoms with Crippen molar-refractivity contribution in [2.45, 2.75) is 32.1 Å². The fourth-order valence-electron chi connectivity index (χ4n) is 8.06. The Balaban J connectivity index is 1.64. The third-order valence-corrected chi connectivity index (χ3v) is 11.1. The molecule has 320 valence electrons. The quantitative estimate of drug-likeness (QED) is 0.102. The Hall–Kier alpha value is -6.82. The molecular weight excluding hydrogens is 777 g/mol. The Labute approximate surface area is 357 Å². The largest absolute Gasteiger partial charge is 0.496 e. The molecule has 12 heteroatoms. The summed E-state index contributed by atoms with van der Waals surface area (Å²) in [7, 11) is 12.9. The van der Waals surface area contributed by atoms with Gasteiger partial charge in [0, 0.05) is 101 Å². The van der Waals surface area contributed by atoms with Crippen molar-refractivity contribution >= 4 is 11.6 Å². The minimum absolute atomic E-state index is 0.0563. The van der Waals surface area contributed by atoms with Gasteiger partial charge in [-0.25, -0.2) is 0 Å². The first-order chi connectivity index (χ1) is 29.6. The fourth-order valence-corrected chi connectivity index (χ4v) is 8.06. The molecule has 0 fully saturated rings. The number of rotatable bonds is 14. The van der Waals surface area contributed by atoms with E-state index in [-0.39, 0.29) is 60.0 Å². The molecule has 11 aliphatic rings. The normalized spacial score (nSPS) is 13.8. The third-order valence-electron chi connectivity index (χ3n) is 11.1. The van der Waals surface area contributed by atoms with Crippen molar-refractivity contribution in [1.82, 2.24) is 10.6 Å². The minimum Gasteiger partial charge on any atom is -0.496 e. The highest BCUT2D eigenvalue weighted by atomic mass is 16.5. The average molecular weight is 831 g/mol. The predicted octanol–water partition coefficient (Wildman–Crippen LogP) is 6.84. The van der Waals surface area contributed by atoms with Crippen LogP contribution < -0.4 is 48.5 Å². The maximum atomic E-state index is 14.8. The SMILES string of the molecule is C=CCNC1=C2Cc3cc(OC)c(cc3OC)Cc3cc(OC)c(cc3OC)Cc3cc(OC)c(cc3OC)Cc3cc(OC)c(cc3OC)CC(=C(NCC=C)C2=O)C1=O. The van der Waals surface area contributed by atoms with Gasteiger partial charge >= 0.3 is 0 Å². The zero-order valence-electron chi connectivity index (χ0n) is 36.2. The number of ketones is 2. The lowest BCUT2D eigenvalue weighted by atomic mass is 9.84. The number of carbonyl (C=O) groups is 2. The van der Waals surface area contributed by atoms with Gasteiger partial charge in [0.05, 0.1) is 68.3 Å². The smallest absolute Gasteiger partial charge is 0.207 e. The first-order valence-corrected chi connectivity index (χ1v) is 19.8. The molecule has 0 radical (unpaired) electrons. The summed E-state index contributed by atoms with van der Waals surface area (Å²) in [5.41, 5.74) is 7.21. The summed E-state index contributed by atoms with van der Waals surface area (Å²) in [5.74, 6) is 4.06. The molecular formula is C49H54N2O10. The molecule has 10 bridgehead atoms. The highest BCUT2D eigenvalue weighted by Gasteiger charge is 2.36. The molecule has 61 heavy (non-hydrogen) atoms. The zero-order valence-corrected chi connectivity index (χ0v) is 36.2. The standard InChI is InChI=1S/C49H54N2O10/c1-11-13-50-46-36-18-34-26-42(58-7)32(24-44(34)60-9)16-30-22-38(54-3)28(20-40(30)56-5)15-29-21-41(57-6)31(23-39(29)55-4)17-33-25-45(61-10)35(27-43(33)59-8)19-37(48(46)52)47(49(36)53)51-14-12-2/h11-12,20-27,50-51H,1-2,13-19H2,3-10H3. The van der Waals surface area contributed by atoms with Crippen molar-refractivity contribution in [1.29, 1.82) is 0 Å². The van der Waals surface area contributed by atoms with Crippen LogP contribution in [0, 0.1) is 0 Å². The molecule has 0 heterocycles. The number of ether oxygens (including phenoxy) is 8. The number of allylic oxidation sites excluding steroid dienone is 2. The van der Waals surface area contributed by atoms with Crippen molar-refractivity contribution in [3.63, 3.8) is 0 Å². The van der Waals surface area contributed by atoms with Gasteiger partial charge in [-0.3, -0.25) is 9.59 Å². The average Bonchev–Trinajstić information content (AvgIpc) is 3.28. The number of carbonyl (C=O) groups excluding carboxylic acids is 2. The molecule has 0 saturated carbocycles. The second-order valence-electron chi connectivity index (χ2n) is 14.5. The van der Waals surface area contributed by atoms with Crippen molar-refractivity contribution in [3.8, 4) is 46.0 Å². The third kappa shape index (κ3) is 8.89. The van der Waals surface area contributed by atoms with Gasteiger partial charge in [0.1, 0.15) is 46.0 Å². The summed E-state index contributed by atoms with van der Waals surface area (Å²) in [5, 5.41) is 6.40. The zero-order chi connectivity index (χ0) is 43.8. The molecule has 0 unspecified atom stereocenters. The van der Waals surface area contributed by atoms with E-state index in [0.29, 0.717) is 76.4 Å². The first-order valence-electron chi connectivity index (χ1n) is 19.8. The van der Waals surface area contributed by atoms with Gasteiger partial charge < -0.3 is 48.5 Å². The topological polar surface area (TPSA) is 132 Å². The van der Waals surface area contributed by atoms with Crippen LogP contribution in [0.4, 0.5) is 0 Å². The molecule has 0 spiro atoms. The second kappa shape index (κ2) is 19.5. The van der Waals surface area contributed by atoms with Gasteiger partial charge in [-0.1, -0.05) is 12.2 Å². The van der Waals surface area contributed by atoms with Gasteiger partial charge in [-0.2, -0.15) is 0 Å². The van der Waals surface area contributed by atoms with Crippen LogP contribution in [0.5, 0.6) is 46.0 Å². The van der Waals surface area contributed by atoms with Crippen LogP contribution in [0.25, 0.3) is 0 Å². The molecule has 12 nitrogen and oxygen atoms in total. The van der Waals surface area contributed by atoms with E-state index in [1.807, 2.05) is 48.5 Å². The van der Waals surface area contributed by atoms with Crippen molar-refractivity contribution in [2.24, 2.45) is 0 Å². The molecule has 15 rings (SSSR count). The highest BCUT2D eigenvalue weighted by molar-refractivity contribution is 6.25. The predicted molar refractivity (Wildman–Crippen MR) is 234 cm³/mol. The first kappa shape index (κ1) is 43.8. The molecule has 0 aromatic heterocycles. The van der Waals surface area contributed by atoms with Crippen LogP contribution in [-0.2, 0) is 41.7 Å². The number of nitrogens with one attached hydrogen (secondary N) is 2. The molecule has 0 saturated heterocycles. The molecule has 0 amide bonds. The number of methoxy groups -OCH3 is 8. The van der Waals surface area contributed by atoms with Crippen LogP contribution in [0.15, 0.2) is 96.4 Å². The lowest BCUT2D eigenvalue weighted by Gasteiger charge is -2.26. The van der Waals surface area contributed by atoms with Gasteiger partial charge in [-0.05, 0) is 48.5 Å². The van der Waals surface area contributed by atoms with Crippen molar-refractivity contribution in [2.75, 3.05) is 70.0 Å². The summed E-state index contributed by atoms with van der Waals surface area (Å²) in [6.07, 6.45) is 4.63. The Kier molecular flexibility index (Phi) is 14.0. The van der Waals surface area contributed by atoms with Crippen molar-refractivity contribution in [3.05, 3.63) is 141 Å². The number of hydrogen-bond donors (Lipinski definition) is 2. The molecule has 4 aromatic carbocycles. The van der Waals surface area contributed by atoms with E-state index < -0.39 is 0 Å². The number of Topliss-reactive ketones (excluding diaryl/α,β-unsaturated/α-hetero) is 2. The lowest BCUT2D eigenvalue weighted by molar-refractivity contribution is -0.117. The molecule has 4 aromatic rings. The highest BCUT2D eigenvalue weighted by Crippen LogP contribution is 2.41. The van der Waals surface area contributed by atoms with E-state index in [4.69, 9.17) is 37.9 Å². The van der Waals surface area contributed by atoms with Crippen LogP contribution in [0.1, 0.15) is 44.5 Å². The van der Waals surface area contributed by atoms with Crippen molar-refractivity contribution < 1.29 is 47.5 Å². The summed E-state index contributed by atoms with van der Waals surface area (Å²) in [6, 6.07) is 15.4. The van der Waals surface area contributed by atoms with Gasteiger partial charge in [0.2, 0.25) is 11.6 Å². The summed E-state index contributed by atoms with van der Waals surface area (Å²) >= 11 is 0. The van der Waals surface area contributed by atoms with E-state index in [9.17, 15) is 9.59 Å². The maximum absolute atomic E-state index is 14.8. The van der Waals surface area contributed by atoms with E-state index in [1.165, 1.54) is 0 Å². The molecule has 2 N–H and O–H groups in total. The van der Waals surface area contributed by atoms with E-state index in [1.54, 1.807) is 69.0 Å². The number of hydrogen-bond acceptors (Lipinski definition) is 12. The minimum atomic E-state index is -0.345. The van der Waals surface area contributed by atoms with Crippen LogP contribution in [-0.4, -0.2) is 81.5 Å². The summed E-state index contributed by atoms with van der Waals surface area (Å²) < 4.78 is 47.8.